The van der Waals surface area contributed by atoms with Gasteiger partial charge in [0.15, 0.2) is 0 Å². The predicted octanol–water partition coefficient (Wildman–Crippen LogP) is 1.40. The highest BCUT2D eigenvalue weighted by Crippen LogP contribution is 2.17. The summed E-state index contributed by atoms with van der Waals surface area (Å²) in [6.07, 6.45) is 1.74. The van der Waals surface area contributed by atoms with Crippen LogP contribution in [0, 0.1) is 5.82 Å². The van der Waals surface area contributed by atoms with Crippen LogP contribution in [0.2, 0.25) is 0 Å². The quantitative estimate of drug-likeness (QED) is 0.911. The van der Waals surface area contributed by atoms with Crippen LogP contribution in [0.25, 0.3) is 0 Å². The van der Waals surface area contributed by atoms with Crippen molar-refractivity contribution in [2.75, 3.05) is 57.3 Å². The van der Waals surface area contributed by atoms with E-state index in [-0.39, 0.29) is 11.9 Å². The van der Waals surface area contributed by atoms with E-state index >= 15 is 0 Å². The molecule has 122 valence electrons. The number of piperazine rings is 1. The zero-order chi connectivity index (χ0) is 15.4. The van der Waals surface area contributed by atoms with Crippen LogP contribution in [-0.2, 0) is 0 Å². The van der Waals surface area contributed by atoms with Gasteiger partial charge < -0.3 is 14.9 Å². The van der Waals surface area contributed by atoms with Gasteiger partial charge in [-0.25, -0.2) is 4.39 Å². The Bertz CT molecular complexity index is 451. The van der Waals surface area contributed by atoms with E-state index in [9.17, 15) is 9.50 Å². The van der Waals surface area contributed by atoms with Crippen LogP contribution in [0.3, 0.4) is 0 Å². The maximum absolute atomic E-state index is 13.0. The van der Waals surface area contributed by atoms with E-state index in [1.807, 2.05) is 12.1 Å². The minimum Gasteiger partial charge on any atom is -0.393 e. The molecule has 2 heterocycles. The van der Waals surface area contributed by atoms with Gasteiger partial charge in [-0.05, 0) is 37.1 Å². The summed E-state index contributed by atoms with van der Waals surface area (Å²) in [5, 5.41) is 9.53. The molecular formula is C17H26FN3O. The number of likely N-dealkylation sites (tertiary alicyclic amines) is 1. The maximum atomic E-state index is 13.0. The topological polar surface area (TPSA) is 30.0 Å². The van der Waals surface area contributed by atoms with Crippen LogP contribution in [0.15, 0.2) is 24.3 Å². The number of rotatable bonds is 4. The van der Waals surface area contributed by atoms with Crippen molar-refractivity contribution in [3.63, 3.8) is 0 Å². The number of halogens is 1. The number of hydrogen-bond acceptors (Lipinski definition) is 4. The largest absolute Gasteiger partial charge is 0.393 e. The van der Waals surface area contributed by atoms with Gasteiger partial charge in [0.25, 0.3) is 0 Å². The third-order valence-electron chi connectivity index (χ3n) is 4.85. The highest BCUT2D eigenvalue weighted by Gasteiger charge is 2.20. The van der Waals surface area contributed by atoms with Crippen LogP contribution in [-0.4, -0.2) is 73.4 Å². The molecule has 1 aromatic rings. The summed E-state index contributed by atoms with van der Waals surface area (Å²) in [5.41, 5.74) is 1.12. The van der Waals surface area contributed by atoms with Crippen molar-refractivity contribution in [3.8, 4) is 0 Å². The van der Waals surface area contributed by atoms with E-state index in [0.29, 0.717) is 0 Å². The zero-order valence-corrected chi connectivity index (χ0v) is 13.1. The fourth-order valence-corrected chi connectivity index (χ4v) is 3.31. The molecule has 2 fully saturated rings. The summed E-state index contributed by atoms with van der Waals surface area (Å²) in [6.45, 7) is 8.39. The van der Waals surface area contributed by atoms with Gasteiger partial charge in [-0.2, -0.15) is 0 Å². The number of nitrogens with zero attached hydrogens (tertiary/aromatic N) is 3. The van der Waals surface area contributed by atoms with Crippen LogP contribution < -0.4 is 4.90 Å². The molecule has 0 aromatic heterocycles. The van der Waals surface area contributed by atoms with Crippen molar-refractivity contribution < 1.29 is 9.50 Å². The van der Waals surface area contributed by atoms with Gasteiger partial charge in [0, 0.05) is 58.0 Å². The summed E-state index contributed by atoms with van der Waals surface area (Å²) in [5.74, 6) is -0.172. The Morgan fingerprint density at radius 2 is 1.41 bits per heavy atom. The van der Waals surface area contributed by atoms with Crippen LogP contribution >= 0.6 is 0 Å². The van der Waals surface area contributed by atoms with Gasteiger partial charge in [0.1, 0.15) is 5.82 Å². The van der Waals surface area contributed by atoms with Gasteiger partial charge in [-0.1, -0.05) is 0 Å². The molecule has 0 radical (unpaired) electrons. The number of aliphatic hydroxyl groups excluding tert-OH is 1. The highest BCUT2D eigenvalue weighted by atomic mass is 19.1. The first-order valence-corrected chi connectivity index (χ1v) is 8.34. The van der Waals surface area contributed by atoms with Crippen LogP contribution in [0.4, 0.5) is 10.1 Å². The Morgan fingerprint density at radius 3 is 2.00 bits per heavy atom. The van der Waals surface area contributed by atoms with Gasteiger partial charge >= 0.3 is 0 Å². The van der Waals surface area contributed by atoms with Crippen LogP contribution in [0.1, 0.15) is 12.8 Å². The lowest BCUT2D eigenvalue weighted by atomic mass is 10.1. The van der Waals surface area contributed by atoms with Crippen molar-refractivity contribution in [1.29, 1.82) is 0 Å². The lowest BCUT2D eigenvalue weighted by Gasteiger charge is -2.37. The monoisotopic (exact) mass is 307 g/mol. The van der Waals surface area contributed by atoms with Crippen molar-refractivity contribution in [1.82, 2.24) is 9.80 Å². The first-order chi connectivity index (χ1) is 10.7. The molecule has 3 rings (SSSR count). The average Bonchev–Trinajstić information content (AvgIpc) is 2.56. The van der Waals surface area contributed by atoms with Gasteiger partial charge in [-0.15, -0.1) is 0 Å². The number of benzene rings is 1. The summed E-state index contributed by atoms with van der Waals surface area (Å²) in [7, 11) is 0. The molecule has 22 heavy (non-hydrogen) atoms. The molecular weight excluding hydrogens is 281 g/mol. The Morgan fingerprint density at radius 1 is 0.864 bits per heavy atom. The SMILES string of the molecule is OC1CCN(CCN2CCN(c3ccc(F)cc3)CC2)CC1. The molecule has 1 aromatic carbocycles. The molecule has 5 heteroatoms. The average molecular weight is 307 g/mol. The van der Waals surface area contributed by atoms with Gasteiger partial charge in [0.2, 0.25) is 0 Å². The second-order valence-corrected chi connectivity index (χ2v) is 6.38. The molecule has 0 amide bonds. The van der Waals surface area contributed by atoms with Crippen molar-refractivity contribution >= 4 is 5.69 Å². The van der Waals surface area contributed by atoms with Crippen molar-refractivity contribution in [3.05, 3.63) is 30.1 Å². The van der Waals surface area contributed by atoms with Gasteiger partial charge in [0.05, 0.1) is 6.10 Å². The predicted molar refractivity (Wildman–Crippen MR) is 86.7 cm³/mol. The number of piperidine rings is 1. The summed E-state index contributed by atoms with van der Waals surface area (Å²) < 4.78 is 13.0. The molecule has 0 aliphatic carbocycles. The Hall–Kier alpha value is -1.17. The standard InChI is InChI=1S/C17H26FN3O/c18-15-1-3-16(4-2-15)21-13-11-20(12-14-21)10-9-19-7-5-17(22)6-8-19/h1-4,17,22H,5-14H2. The Kier molecular flexibility index (Phi) is 5.28. The molecule has 4 nitrogen and oxygen atoms in total. The molecule has 2 saturated heterocycles. The molecule has 0 bridgehead atoms. The fraction of sp³-hybridized carbons (Fsp3) is 0.647. The highest BCUT2D eigenvalue weighted by molar-refractivity contribution is 5.46. The first-order valence-electron chi connectivity index (χ1n) is 8.34. The molecule has 0 saturated carbocycles. The van der Waals surface area contributed by atoms with E-state index in [4.69, 9.17) is 0 Å². The molecule has 2 aliphatic rings. The number of aliphatic hydroxyl groups is 1. The lowest BCUT2D eigenvalue weighted by molar-refractivity contribution is 0.0762. The summed E-state index contributed by atoms with van der Waals surface area (Å²) >= 11 is 0. The smallest absolute Gasteiger partial charge is 0.123 e. The number of anilines is 1. The minimum absolute atomic E-state index is 0.0875. The van der Waals surface area contributed by atoms with E-state index in [0.717, 1.165) is 70.9 Å². The fourth-order valence-electron chi connectivity index (χ4n) is 3.31. The van der Waals surface area contributed by atoms with E-state index in [2.05, 4.69) is 14.7 Å². The molecule has 0 spiro atoms. The van der Waals surface area contributed by atoms with E-state index in [1.54, 1.807) is 0 Å². The molecule has 0 atom stereocenters. The third-order valence-corrected chi connectivity index (χ3v) is 4.85. The van der Waals surface area contributed by atoms with Crippen LogP contribution in [0.5, 0.6) is 0 Å². The summed E-state index contributed by atoms with van der Waals surface area (Å²) in [6, 6.07) is 6.80. The lowest BCUT2D eigenvalue weighted by Crippen LogP contribution is -2.49. The number of hydrogen-bond donors (Lipinski definition) is 1. The summed E-state index contributed by atoms with van der Waals surface area (Å²) in [4.78, 5) is 7.29. The van der Waals surface area contributed by atoms with Crippen molar-refractivity contribution in [2.45, 2.75) is 18.9 Å². The molecule has 1 N–H and O–H groups in total. The zero-order valence-electron chi connectivity index (χ0n) is 13.1. The van der Waals surface area contributed by atoms with Crippen molar-refractivity contribution in [2.24, 2.45) is 0 Å². The molecule has 2 aliphatic heterocycles. The Balaban J connectivity index is 1.39. The second-order valence-electron chi connectivity index (χ2n) is 6.38. The third kappa shape index (κ3) is 4.18. The van der Waals surface area contributed by atoms with E-state index < -0.39 is 0 Å². The minimum atomic E-state index is -0.172. The normalized spacial score (nSPS) is 22.2. The van der Waals surface area contributed by atoms with E-state index in [1.165, 1.54) is 12.1 Å². The molecule has 0 unspecified atom stereocenters. The maximum Gasteiger partial charge on any atom is 0.123 e. The first kappa shape index (κ1) is 15.7. The second kappa shape index (κ2) is 7.40. The Labute approximate surface area is 132 Å². The van der Waals surface area contributed by atoms with Gasteiger partial charge in [-0.3, -0.25) is 4.90 Å².